The van der Waals surface area contributed by atoms with E-state index in [2.05, 4.69) is 15.4 Å². The van der Waals surface area contributed by atoms with Crippen LogP contribution in [-0.4, -0.2) is 26.6 Å². The van der Waals surface area contributed by atoms with Crippen molar-refractivity contribution in [3.05, 3.63) is 79.7 Å². The Kier molecular flexibility index (Phi) is 5.36. The number of hydrogen-bond acceptors (Lipinski definition) is 4. The van der Waals surface area contributed by atoms with E-state index in [1.807, 2.05) is 0 Å². The van der Waals surface area contributed by atoms with Gasteiger partial charge in [-0.05, 0) is 62.1 Å². The van der Waals surface area contributed by atoms with Crippen LogP contribution >= 0.6 is 11.6 Å². The van der Waals surface area contributed by atoms with Crippen LogP contribution in [0.3, 0.4) is 0 Å². The number of rotatable bonds is 4. The largest absolute Gasteiger partial charge is 0.365 e. The van der Waals surface area contributed by atoms with Gasteiger partial charge < -0.3 is 16.0 Å². The number of halogens is 2. The Labute approximate surface area is 181 Å². The lowest BCUT2D eigenvalue weighted by Gasteiger charge is -2.26. The van der Waals surface area contributed by atoms with Gasteiger partial charge >= 0.3 is 0 Å². The SMILES string of the molecule is Cc1nn(-c2ccc(F)cc2)c(Cl)c1C(=O)NC1CCCc2[nH]c(=O)c(C(N)=O)cc21. The lowest BCUT2D eigenvalue weighted by Crippen LogP contribution is -2.34. The number of H-pyrrole nitrogens is 1. The number of fused-ring (bicyclic) bond motifs is 1. The summed E-state index contributed by atoms with van der Waals surface area (Å²) >= 11 is 6.44. The first kappa shape index (κ1) is 20.8. The predicted octanol–water partition coefficient (Wildman–Crippen LogP) is 2.57. The maximum absolute atomic E-state index is 13.2. The fourth-order valence-electron chi connectivity index (χ4n) is 3.81. The third kappa shape index (κ3) is 3.84. The molecule has 2 amide bonds. The topological polar surface area (TPSA) is 123 Å². The van der Waals surface area contributed by atoms with Crippen molar-refractivity contribution in [1.29, 1.82) is 0 Å². The number of carbonyl (C=O) groups is 2. The second kappa shape index (κ2) is 7.99. The minimum Gasteiger partial charge on any atom is -0.365 e. The molecule has 2 heterocycles. The van der Waals surface area contributed by atoms with Crippen molar-refractivity contribution in [2.45, 2.75) is 32.2 Å². The molecule has 2 aromatic heterocycles. The van der Waals surface area contributed by atoms with E-state index >= 15 is 0 Å². The first-order chi connectivity index (χ1) is 14.8. The first-order valence-corrected chi connectivity index (χ1v) is 10.0. The van der Waals surface area contributed by atoms with Crippen molar-refractivity contribution in [3.8, 4) is 5.69 Å². The Morgan fingerprint density at radius 3 is 2.71 bits per heavy atom. The summed E-state index contributed by atoms with van der Waals surface area (Å²) in [5.41, 5.74) is 7.02. The van der Waals surface area contributed by atoms with Gasteiger partial charge in [-0.3, -0.25) is 14.4 Å². The van der Waals surface area contributed by atoms with Gasteiger partial charge in [-0.2, -0.15) is 5.10 Å². The fourth-order valence-corrected chi connectivity index (χ4v) is 4.17. The van der Waals surface area contributed by atoms with Gasteiger partial charge in [-0.1, -0.05) is 11.6 Å². The number of primary amides is 1. The van der Waals surface area contributed by atoms with Crippen LogP contribution in [0.25, 0.3) is 5.69 Å². The maximum atomic E-state index is 13.2. The van der Waals surface area contributed by atoms with Gasteiger partial charge in [0.2, 0.25) is 0 Å². The smallest absolute Gasteiger partial charge is 0.261 e. The second-order valence-corrected chi connectivity index (χ2v) is 7.73. The van der Waals surface area contributed by atoms with E-state index in [1.165, 1.54) is 35.0 Å². The summed E-state index contributed by atoms with van der Waals surface area (Å²) < 4.78 is 14.6. The van der Waals surface area contributed by atoms with Crippen molar-refractivity contribution in [2.75, 3.05) is 0 Å². The molecule has 1 aromatic carbocycles. The number of aromatic amines is 1. The Hall–Kier alpha value is -3.46. The number of carbonyl (C=O) groups excluding carboxylic acids is 2. The quantitative estimate of drug-likeness (QED) is 0.573. The van der Waals surface area contributed by atoms with Gasteiger partial charge in [0.1, 0.15) is 16.5 Å². The van der Waals surface area contributed by atoms with E-state index in [9.17, 15) is 18.8 Å². The Balaban J connectivity index is 1.66. The molecule has 0 spiro atoms. The van der Waals surface area contributed by atoms with Crippen LogP contribution in [0.1, 0.15) is 56.6 Å². The summed E-state index contributed by atoms with van der Waals surface area (Å²) in [7, 11) is 0. The molecule has 0 radical (unpaired) electrons. The molecule has 1 unspecified atom stereocenters. The van der Waals surface area contributed by atoms with E-state index in [4.69, 9.17) is 17.3 Å². The van der Waals surface area contributed by atoms with Gasteiger partial charge in [0, 0.05) is 5.69 Å². The van der Waals surface area contributed by atoms with E-state index in [-0.39, 0.29) is 16.3 Å². The zero-order chi connectivity index (χ0) is 22.3. The van der Waals surface area contributed by atoms with E-state index < -0.39 is 29.2 Å². The normalized spacial score (nSPS) is 15.4. The van der Waals surface area contributed by atoms with Crippen LogP contribution in [0.5, 0.6) is 0 Å². The Bertz CT molecular complexity index is 1250. The highest BCUT2D eigenvalue weighted by atomic mass is 35.5. The molecule has 0 saturated carbocycles. The number of amides is 2. The summed E-state index contributed by atoms with van der Waals surface area (Å²) in [6.07, 6.45) is 1.98. The Morgan fingerprint density at radius 1 is 1.32 bits per heavy atom. The molecule has 0 fully saturated rings. The molecule has 160 valence electrons. The van der Waals surface area contributed by atoms with Crippen LogP contribution in [0.4, 0.5) is 4.39 Å². The van der Waals surface area contributed by atoms with Crippen molar-refractivity contribution < 1.29 is 14.0 Å². The molecular weight excluding hydrogens is 425 g/mol. The molecule has 10 heteroatoms. The van der Waals surface area contributed by atoms with Crippen LogP contribution in [0.2, 0.25) is 5.15 Å². The van der Waals surface area contributed by atoms with Crippen molar-refractivity contribution in [1.82, 2.24) is 20.1 Å². The van der Waals surface area contributed by atoms with Crippen molar-refractivity contribution in [3.63, 3.8) is 0 Å². The Morgan fingerprint density at radius 2 is 2.03 bits per heavy atom. The minimum absolute atomic E-state index is 0.0944. The van der Waals surface area contributed by atoms with E-state index in [0.717, 1.165) is 6.42 Å². The third-order valence-electron chi connectivity index (χ3n) is 5.33. The van der Waals surface area contributed by atoms with Crippen LogP contribution < -0.4 is 16.6 Å². The predicted molar refractivity (Wildman–Crippen MR) is 112 cm³/mol. The van der Waals surface area contributed by atoms with Crippen LogP contribution in [-0.2, 0) is 6.42 Å². The molecular formula is C21H19ClFN5O3. The fraction of sp³-hybridized carbons (Fsp3) is 0.238. The van der Waals surface area contributed by atoms with Crippen molar-refractivity contribution in [2.24, 2.45) is 5.73 Å². The highest BCUT2D eigenvalue weighted by molar-refractivity contribution is 6.33. The van der Waals surface area contributed by atoms with Gasteiger partial charge in [-0.15, -0.1) is 0 Å². The van der Waals surface area contributed by atoms with E-state index in [1.54, 1.807) is 6.92 Å². The second-order valence-electron chi connectivity index (χ2n) is 7.37. The van der Waals surface area contributed by atoms with E-state index in [0.29, 0.717) is 35.5 Å². The minimum atomic E-state index is -0.834. The van der Waals surface area contributed by atoms with Gasteiger partial charge in [-0.25, -0.2) is 9.07 Å². The summed E-state index contributed by atoms with van der Waals surface area (Å²) in [6.45, 7) is 1.65. The number of benzene rings is 1. The number of nitrogens with zero attached hydrogens (tertiary/aromatic N) is 2. The molecule has 0 saturated heterocycles. The molecule has 4 N–H and O–H groups in total. The monoisotopic (exact) mass is 443 g/mol. The highest BCUT2D eigenvalue weighted by Gasteiger charge is 2.28. The number of hydrogen-bond donors (Lipinski definition) is 3. The summed E-state index contributed by atoms with van der Waals surface area (Å²) in [4.78, 5) is 39.4. The number of nitrogens with two attached hydrogens (primary N) is 1. The number of aryl methyl sites for hydroxylation is 2. The zero-order valence-corrected chi connectivity index (χ0v) is 17.3. The summed E-state index contributed by atoms with van der Waals surface area (Å²) in [5, 5.41) is 7.33. The van der Waals surface area contributed by atoms with Crippen molar-refractivity contribution >= 4 is 23.4 Å². The first-order valence-electron chi connectivity index (χ1n) is 9.64. The third-order valence-corrected chi connectivity index (χ3v) is 5.67. The molecule has 1 atom stereocenters. The number of pyridine rings is 1. The van der Waals surface area contributed by atoms with Gasteiger partial charge in [0.15, 0.2) is 0 Å². The molecule has 3 aromatic rings. The van der Waals surface area contributed by atoms with Crippen LogP contribution in [0, 0.1) is 12.7 Å². The average molecular weight is 444 g/mol. The number of aromatic nitrogens is 3. The molecule has 4 rings (SSSR count). The lowest BCUT2D eigenvalue weighted by atomic mass is 9.90. The summed E-state index contributed by atoms with van der Waals surface area (Å²) in [6, 6.07) is 6.58. The van der Waals surface area contributed by atoms with Gasteiger partial charge in [0.25, 0.3) is 17.4 Å². The average Bonchev–Trinajstić information content (AvgIpc) is 3.02. The standard InChI is InChI=1S/C21H19ClFN5O3/c1-10-17(18(22)28(27-10)12-7-5-11(23)6-8-12)21(31)26-16-4-2-3-15-13(16)9-14(19(24)29)20(30)25-15/h5-9,16H,2-4H2,1H3,(H2,24,29)(H,25,30)(H,26,31). The molecule has 0 bridgehead atoms. The van der Waals surface area contributed by atoms with Crippen LogP contribution in [0.15, 0.2) is 35.1 Å². The molecule has 0 aliphatic heterocycles. The zero-order valence-electron chi connectivity index (χ0n) is 16.5. The molecule has 31 heavy (non-hydrogen) atoms. The molecule has 1 aliphatic rings. The molecule has 8 nitrogen and oxygen atoms in total. The highest BCUT2D eigenvalue weighted by Crippen LogP contribution is 2.30. The maximum Gasteiger partial charge on any atom is 0.261 e. The number of nitrogens with one attached hydrogen (secondary N) is 2. The van der Waals surface area contributed by atoms with Gasteiger partial charge in [0.05, 0.1) is 23.0 Å². The summed E-state index contributed by atoms with van der Waals surface area (Å²) in [5.74, 6) is -1.68. The lowest BCUT2D eigenvalue weighted by molar-refractivity contribution is 0.0932. The molecule has 1 aliphatic carbocycles.